The number of ether oxygens (including phenoxy) is 1. The molecule has 2 amide bonds. The van der Waals surface area contributed by atoms with Crippen molar-refractivity contribution in [2.45, 2.75) is 0 Å². The first-order valence-electron chi connectivity index (χ1n) is 4.08. The van der Waals surface area contributed by atoms with E-state index in [9.17, 15) is 14.0 Å². The van der Waals surface area contributed by atoms with Gasteiger partial charge in [-0.25, -0.2) is 14.1 Å². The van der Waals surface area contributed by atoms with Crippen LogP contribution in [0.1, 0.15) is 0 Å². The lowest BCUT2D eigenvalue weighted by molar-refractivity contribution is -0.120. The maximum Gasteiger partial charge on any atom is 0.418 e. The molecule has 0 saturated carbocycles. The molecule has 5 nitrogen and oxygen atoms in total. The Morgan fingerprint density at radius 2 is 2.27 bits per heavy atom. The molecule has 1 heterocycles. The van der Waals surface area contributed by atoms with Crippen molar-refractivity contribution in [3.63, 3.8) is 0 Å². The first-order valence-corrected chi connectivity index (χ1v) is 4.08. The number of benzene rings is 1. The zero-order chi connectivity index (χ0) is 11.0. The molecule has 0 fully saturated rings. The zero-order valence-corrected chi connectivity index (χ0v) is 7.44. The van der Waals surface area contributed by atoms with E-state index in [1.165, 1.54) is 6.07 Å². The van der Waals surface area contributed by atoms with Crippen molar-refractivity contribution in [1.82, 2.24) is 0 Å². The van der Waals surface area contributed by atoms with Gasteiger partial charge in [0.15, 0.2) is 6.61 Å². The Morgan fingerprint density at radius 1 is 1.53 bits per heavy atom. The predicted molar refractivity (Wildman–Crippen MR) is 47.4 cm³/mol. The minimum absolute atomic E-state index is 0.0418. The van der Waals surface area contributed by atoms with Crippen LogP contribution in [0.4, 0.5) is 14.9 Å². The lowest BCUT2D eigenvalue weighted by atomic mass is 10.2. The number of halogens is 1. The van der Waals surface area contributed by atoms with Crippen LogP contribution in [0.5, 0.6) is 5.75 Å². The summed E-state index contributed by atoms with van der Waals surface area (Å²) in [5, 5.41) is 8.78. The molecule has 0 radical (unpaired) electrons. The van der Waals surface area contributed by atoms with Gasteiger partial charge in [0.25, 0.3) is 5.91 Å². The fourth-order valence-electron chi connectivity index (χ4n) is 1.34. The highest BCUT2D eigenvalue weighted by Crippen LogP contribution is 2.32. The summed E-state index contributed by atoms with van der Waals surface area (Å²) in [4.78, 5) is 22.5. The van der Waals surface area contributed by atoms with Gasteiger partial charge in [-0.15, -0.1) is 0 Å². The number of anilines is 1. The van der Waals surface area contributed by atoms with E-state index in [0.29, 0.717) is 4.90 Å². The van der Waals surface area contributed by atoms with Gasteiger partial charge in [-0.3, -0.25) is 4.79 Å². The van der Waals surface area contributed by atoms with Crippen molar-refractivity contribution < 1.29 is 23.8 Å². The lowest BCUT2D eigenvalue weighted by Gasteiger charge is -2.25. The molecule has 1 aromatic rings. The van der Waals surface area contributed by atoms with Gasteiger partial charge in [0.05, 0.1) is 5.69 Å². The van der Waals surface area contributed by atoms with E-state index in [4.69, 9.17) is 9.84 Å². The van der Waals surface area contributed by atoms with Crippen LogP contribution in [0.2, 0.25) is 0 Å². The first kappa shape index (κ1) is 9.45. The highest BCUT2D eigenvalue weighted by atomic mass is 19.1. The van der Waals surface area contributed by atoms with Crippen LogP contribution in [0.3, 0.4) is 0 Å². The molecule has 0 aromatic heterocycles. The van der Waals surface area contributed by atoms with Crippen LogP contribution in [0.15, 0.2) is 18.2 Å². The first-order chi connectivity index (χ1) is 7.09. The number of imide groups is 1. The second-order valence-electron chi connectivity index (χ2n) is 2.91. The summed E-state index contributed by atoms with van der Waals surface area (Å²) in [5.41, 5.74) is 0.0418. The molecule has 0 aliphatic carbocycles. The largest absolute Gasteiger partial charge is 0.481 e. The molecule has 6 heteroatoms. The molecular weight excluding hydrogens is 205 g/mol. The Kier molecular flexibility index (Phi) is 2.03. The molecule has 0 spiro atoms. The average molecular weight is 211 g/mol. The predicted octanol–water partition coefficient (Wildman–Crippen LogP) is 1.23. The van der Waals surface area contributed by atoms with Gasteiger partial charge >= 0.3 is 6.09 Å². The maximum atomic E-state index is 12.8. The Morgan fingerprint density at radius 3 is 2.93 bits per heavy atom. The number of carbonyl (C=O) groups excluding carboxylic acids is 1. The Hall–Kier alpha value is -2.11. The summed E-state index contributed by atoms with van der Waals surface area (Å²) in [6.07, 6.45) is -1.41. The van der Waals surface area contributed by atoms with E-state index in [-0.39, 0.29) is 11.4 Å². The summed E-state index contributed by atoms with van der Waals surface area (Å²) < 4.78 is 17.7. The van der Waals surface area contributed by atoms with Gasteiger partial charge in [-0.2, -0.15) is 0 Å². The van der Waals surface area contributed by atoms with E-state index in [1.807, 2.05) is 0 Å². The van der Waals surface area contributed by atoms with Gasteiger partial charge in [0, 0.05) is 6.07 Å². The van der Waals surface area contributed by atoms with Crippen molar-refractivity contribution in [1.29, 1.82) is 0 Å². The summed E-state index contributed by atoms with van der Waals surface area (Å²) in [6.45, 7) is -0.400. The van der Waals surface area contributed by atoms with Gasteiger partial charge in [0.1, 0.15) is 11.6 Å². The molecule has 2 rings (SSSR count). The van der Waals surface area contributed by atoms with Gasteiger partial charge in [-0.05, 0) is 12.1 Å². The normalized spacial score (nSPS) is 14.5. The third-order valence-electron chi connectivity index (χ3n) is 1.95. The monoisotopic (exact) mass is 211 g/mol. The standard InChI is InChI=1S/C9H6FNO4/c10-5-1-2-6-7(3-5)15-4-8(12)11(6)9(13)14/h1-3H,4H2,(H,13,14). The lowest BCUT2D eigenvalue weighted by Crippen LogP contribution is -2.42. The fraction of sp³-hybridized carbons (Fsp3) is 0.111. The van der Waals surface area contributed by atoms with Crippen LogP contribution in [0, 0.1) is 5.82 Å². The van der Waals surface area contributed by atoms with Crippen LogP contribution >= 0.6 is 0 Å². The number of fused-ring (bicyclic) bond motifs is 1. The van der Waals surface area contributed by atoms with E-state index in [1.54, 1.807) is 0 Å². The third-order valence-corrected chi connectivity index (χ3v) is 1.95. The Bertz CT molecular complexity index is 446. The van der Waals surface area contributed by atoms with Crippen molar-refractivity contribution in [3.8, 4) is 5.75 Å². The smallest absolute Gasteiger partial charge is 0.418 e. The average Bonchev–Trinajstić information content (AvgIpc) is 2.17. The fourth-order valence-corrected chi connectivity index (χ4v) is 1.34. The topological polar surface area (TPSA) is 66.8 Å². The SMILES string of the molecule is O=C(O)N1C(=O)COc2cc(F)ccc21. The number of rotatable bonds is 0. The molecule has 1 N–H and O–H groups in total. The molecular formula is C9H6FNO4. The molecule has 15 heavy (non-hydrogen) atoms. The van der Waals surface area contributed by atoms with Gasteiger partial charge in [-0.1, -0.05) is 0 Å². The third kappa shape index (κ3) is 1.50. The highest BCUT2D eigenvalue weighted by Gasteiger charge is 2.30. The van der Waals surface area contributed by atoms with Gasteiger partial charge < -0.3 is 9.84 Å². The second-order valence-corrected chi connectivity index (χ2v) is 2.91. The number of carbonyl (C=O) groups is 2. The number of hydrogen-bond donors (Lipinski definition) is 1. The molecule has 0 unspecified atom stereocenters. The van der Waals surface area contributed by atoms with Crippen molar-refractivity contribution >= 4 is 17.7 Å². The summed E-state index contributed by atoms with van der Waals surface area (Å²) in [7, 11) is 0. The van der Waals surface area contributed by atoms with Crippen molar-refractivity contribution in [2.75, 3.05) is 11.5 Å². The molecule has 0 saturated heterocycles. The zero-order valence-electron chi connectivity index (χ0n) is 7.44. The molecule has 78 valence electrons. The Labute approximate surface area is 83.7 Å². The maximum absolute atomic E-state index is 12.8. The van der Waals surface area contributed by atoms with E-state index in [0.717, 1.165) is 12.1 Å². The quantitative estimate of drug-likeness (QED) is 0.700. The molecule has 1 aromatic carbocycles. The minimum Gasteiger partial charge on any atom is -0.481 e. The summed E-state index contributed by atoms with van der Waals surface area (Å²) in [6, 6.07) is 3.30. The van der Waals surface area contributed by atoms with Gasteiger partial charge in [0.2, 0.25) is 0 Å². The van der Waals surface area contributed by atoms with Crippen LogP contribution in [-0.2, 0) is 4.79 Å². The molecule has 0 atom stereocenters. The number of carboxylic acid groups (broad SMARTS) is 1. The molecule has 1 aliphatic heterocycles. The van der Waals surface area contributed by atoms with Crippen LogP contribution in [0.25, 0.3) is 0 Å². The highest BCUT2D eigenvalue weighted by molar-refractivity contribution is 6.14. The summed E-state index contributed by atoms with van der Waals surface area (Å²) >= 11 is 0. The number of nitrogens with zero attached hydrogens (tertiary/aromatic N) is 1. The van der Waals surface area contributed by atoms with E-state index < -0.39 is 24.4 Å². The van der Waals surface area contributed by atoms with Crippen LogP contribution < -0.4 is 9.64 Å². The molecule has 1 aliphatic rings. The number of amides is 2. The minimum atomic E-state index is -1.41. The Balaban J connectivity index is 2.53. The van der Waals surface area contributed by atoms with E-state index >= 15 is 0 Å². The molecule has 0 bridgehead atoms. The van der Waals surface area contributed by atoms with E-state index in [2.05, 4.69) is 0 Å². The van der Waals surface area contributed by atoms with Crippen molar-refractivity contribution in [3.05, 3.63) is 24.0 Å². The van der Waals surface area contributed by atoms with Crippen LogP contribution in [-0.4, -0.2) is 23.7 Å². The van der Waals surface area contributed by atoms with Crippen molar-refractivity contribution in [2.24, 2.45) is 0 Å². The summed E-state index contributed by atoms with van der Waals surface area (Å²) in [5.74, 6) is -1.19. The number of hydrogen-bond acceptors (Lipinski definition) is 3. The second kappa shape index (κ2) is 3.23.